The molecule has 1 amide bonds. The van der Waals surface area contributed by atoms with Crippen LogP contribution in [0.1, 0.15) is 27.9 Å². The van der Waals surface area contributed by atoms with Gasteiger partial charge in [-0.05, 0) is 43.5 Å². The van der Waals surface area contributed by atoms with Gasteiger partial charge in [0, 0.05) is 15.8 Å². The number of thiophene rings is 1. The number of carbonyl (C=O) groups excluding carboxylic acids is 2. The SMILES string of the molecule is Cc1c(C(=O)O[C@H](C)C(=O)NCc2cccs2)oc2ccc(F)cc12. The Morgan fingerprint density at radius 2 is 2.16 bits per heavy atom. The van der Waals surface area contributed by atoms with Crippen molar-refractivity contribution < 1.29 is 23.1 Å². The summed E-state index contributed by atoms with van der Waals surface area (Å²) in [6.45, 7) is 3.50. The van der Waals surface area contributed by atoms with Gasteiger partial charge in [0.05, 0.1) is 6.54 Å². The molecule has 0 aliphatic carbocycles. The van der Waals surface area contributed by atoms with Gasteiger partial charge >= 0.3 is 5.97 Å². The Morgan fingerprint density at radius 1 is 1.36 bits per heavy atom. The van der Waals surface area contributed by atoms with Crippen LogP contribution in [-0.4, -0.2) is 18.0 Å². The second kappa shape index (κ2) is 7.06. The summed E-state index contributed by atoms with van der Waals surface area (Å²) in [5.74, 6) is -1.61. The smallest absolute Gasteiger partial charge is 0.375 e. The fraction of sp³-hybridized carbons (Fsp3) is 0.222. The lowest BCUT2D eigenvalue weighted by Gasteiger charge is -2.12. The fourth-order valence-corrected chi connectivity index (χ4v) is 3.03. The van der Waals surface area contributed by atoms with Crippen LogP contribution in [0, 0.1) is 12.7 Å². The zero-order chi connectivity index (χ0) is 18.0. The normalized spacial score (nSPS) is 12.1. The second-order valence-corrected chi connectivity index (χ2v) is 6.57. The summed E-state index contributed by atoms with van der Waals surface area (Å²) in [5, 5.41) is 5.12. The number of aryl methyl sites for hydroxylation is 1. The number of carbonyl (C=O) groups is 2. The van der Waals surface area contributed by atoms with Crippen molar-refractivity contribution in [3.63, 3.8) is 0 Å². The molecule has 0 saturated heterocycles. The van der Waals surface area contributed by atoms with Crippen LogP contribution in [0.15, 0.2) is 40.1 Å². The third-order valence-electron chi connectivity index (χ3n) is 3.75. The lowest BCUT2D eigenvalue weighted by atomic mass is 10.1. The van der Waals surface area contributed by atoms with Gasteiger partial charge in [-0.2, -0.15) is 0 Å². The molecule has 0 fully saturated rings. The van der Waals surface area contributed by atoms with E-state index < -0.39 is 23.8 Å². The minimum atomic E-state index is -0.975. The number of fused-ring (bicyclic) bond motifs is 1. The third kappa shape index (κ3) is 3.71. The van der Waals surface area contributed by atoms with Crippen LogP contribution < -0.4 is 5.32 Å². The number of rotatable bonds is 5. The van der Waals surface area contributed by atoms with E-state index in [-0.39, 0.29) is 5.76 Å². The summed E-state index contributed by atoms with van der Waals surface area (Å²) in [5.41, 5.74) is 0.867. The molecule has 3 rings (SSSR count). The van der Waals surface area contributed by atoms with Crippen molar-refractivity contribution >= 4 is 34.2 Å². The van der Waals surface area contributed by atoms with Crippen molar-refractivity contribution in [2.24, 2.45) is 0 Å². The molecule has 130 valence electrons. The van der Waals surface area contributed by atoms with Crippen molar-refractivity contribution in [2.45, 2.75) is 26.5 Å². The van der Waals surface area contributed by atoms with Gasteiger partial charge in [0.1, 0.15) is 11.4 Å². The van der Waals surface area contributed by atoms with Gasteiger partial charge in [0.15, 0.2) is 6.10 Å². The standard InChI is InChI=1S/C18H16FNO4S/c1-10-14-8-12(19)5-6-15(14)24-16(10)18(22)23-11(2)17(21)20-9-13-4-3-7-25-13/h3-8,11H,9H2,1-2H3,(H,20,21)/t11-/m1/s1. The molecule has 0 saturated carbocycles. The molecule has 1 atom stereocenters. The van der Waals surface area contributed by atoms with E-state index in [0.717, 1.165) is 4.88 Å². The Hall–Kier alpha value is -2.67. The van der Waals surface area contributed by atoms with E-state index in [1.165, 1.54) is 36.5 Å². The summed E-state index contributed by atoms with van der Waals surface area (Å²) < 4.78 is 24.0. The van der Waals surface area contributed by atoms with E-state index in [2.05, 4.69) is 5.32 Å². The van der Waals surface area contributed by atoms with Crippen LogP contribution in [-0.2, 0) is 16.1 Å². The minimum Gasteiger partial charge on any atom is -0.449 e. The first-order chi connectivity index (χ1) is 12.0. The monoisotopic (exact) mass is 361 g/mol. The van der Waals surface area contributed by atoms with Gasteiger partial charge in [-0.1, -0.05) is 6.07 Å². The van der Waals surface area contributed by atoms with Crippen molar-refractivity contribution in [3.8, 4) is 0 Å². The highest BCUT2D eigenvalue weighted by Gasteiger charge is 2.24. The molecule has 25 heavy (non-hydrogen) atoms. The lowest BCUT2D eigenvalue weighted by molar-refractivity contribution is -0.129. The van der Waals surface area contributed by atoms with E-state index in [1.807, 2.05) is 17.5 Å². The zero-order valence-corrected chi connectivity index (χ0v) is 14.5. The molecule has 1 N–H and O–H groups in total. The number of furan rings is 1. The zero-order valence-electron chi connectivity index (χ0n) is 13.7. The molecule has 0 aliphatic heterocycles. The molecule has 0 radical (unpaired) electrons. The molecule has 0 unspecified atom stereocenters. The van der Waals surface area contributed by atoms with Gasteiger partial charge in [0.25, 0.3) is 5.91 Å². The Kier molecular flexibility index (Phi) is 4.85. The molecular formula is C18H16FNO4S. The lowest BCUT2D eigenvalue weighted by Crippen LogP contribution is -2.35. The average Bonchev–Trinajstić information content (AvgIpc) is 3.21. The van der Waals surface area contributed by atoms with Gasteiger partial charge < -0.3 is 14.5 Å². The Balaban J connectivity index is 1.67. The van der Waals surface area contributed by atoms with Gasteiger partial charge in [-0.15, -0.1) is 11.3 Å². The summed E-state index contributed by atoms with van der Waals surface area (Å²) in [7, 11) is 0. The van der Waals surface area contributed by atoms with Crippen LogP contribution in [0.2, 0.25) is 0 Å². The molecule has 1 aromatic carbocycles. The second-order valence-electron chi connectivity index (χ2n) is 5.54. The molecule has 2 heterocycles. The number of hydrogen-bond donors (Lipinski definition) is 1. The number of ether oxygens (including phenoxy) is 1. The summed E-state index contributed by atoms with van der Waals surface area (Å²) in [6, 6.07) is 7.79. The van der Waals surface area contributed by atoms with Crippen molar-refractivity contribution in [2.75, 3.05) is 0 Å². The van der Waals surface area contributed by atoms with E-state index >= 15 is 0 Å². The minimum absolute atomic E-state index is 0.0292. The maximum Gasteiger partial charge on any atom is 0.375 e. The Labute approximate surface area is 147 Å². The quantitative estimate of drug-likeness (QED) is 0.702. The Bertz CT molecular complexity index is 917. The number of esters is 1. The number of amides is 1. The van der Waals surface area contributed by atoms with Gasteiger partial charge in [-0.25, -0.2) is 9.18 Å². The van der Waals surface area contributed by atoms with Crippen molar-refractivity contribution in [3.05, 3.63) is 57.7 Å². The topological polar surface area (TPSA) is 68.5 Å². The molecule has 3 aromatic rings. The summed E-state index contributed by atoms with van der Waals surface area (Å²) in [4.78, 5) is 25.3. The number of halogens is 1. The number of nitrogens with one attached hydrogen (secondary N) is 1. The molecule has 0 aliphatic rings. The molecule has 5 nitrogen and oxygen atoms in total. The summed E-state index contributed by atoms with van der Waals surface area (Å²) in [6.07, 6.45) is -0.975. The largest absolute Gasteiger partial charge is 0.449 e. The fourth-order valence-electron chi connectivity index (χ4n) is 2.39. The number of benzene rings is 1. The predicted molar refractivity (Wildman–Crippen MR) is 92.0 cm³/mol. The first-order valence-corrected chi connectivity index (χ1v) is 8.53. The molecule has 0 bridgehead atoms. The summed E-state index contributed by atoms with van der Waals surface area (Å²) >= 11 is 1.52. The first kappa shape index (κ1) is 17.2. The highest BCUT2D eigenvalue weighted by Crippen LogP contribution is 2.26. The maximum absolute atomic E-state index is 13.3. The average molecular weight is 361 g/mol. The van der Waals surface area contributed by atoms with Crippen molar-refractivity contribution in [1.29, 1.82) is 0 Å². The first-order valence-electron chi connectivity index (χ1n) is 7.65. The van der Waals surface area contributed by atoms with Crippen LogP contribution in [0.5, 0.6) is 0 Å². The third-order valence-corrected chi connectivity index (χ3v) is 4.63. The predicted octanol–water partition coefficient (Wildman–Crippen LogP) is 3.80. The maximum atomic E-state index is 13.3. The van der Waals surface area contributed by atoms with E-state index in [0.29, 0.717) is 23.1 Å². The Morgan fingerprint density at radius 3 is 2.88 bits per heavy atom. The van der Waals surface area contributed by atoms with E-state index in [9.17, 15) is 14.0 Å². The van der Waals surface area contributed by atoms with Crippen LogP contribution in [0.25, 0.3) is 11.0 Å². The highest BCUT2D eigenvalue weighted by molar-refractivity contribution is 7.09. The number of hydrogen-bond acceptors (Lipinski definition) is 5. The van der Waals surface area contributed by atoms with Crippen LogP contribution in [0.3, 0.4) is 0 Å². The molecule has 2 aromatic heterocycles. The molecular weight excluding hydrogens is 345 g/mol. The molecule has 0 spiro atoms. The molecule has 7 heteroatoms. The van der Waals surface area contributed by atoms with Crippen LogP contribution in [0.4, 0.5) is 4.39 Å². The van der Waals surface area contributed by atoms with E-state index in [4.69, 9.17) is 9.15 Å². The van der Waals surface area contributed by atoms with E-state index in [1.54, 1.807) is 6.92 Å². The van der Waals surface area contributed by atoms with Gasteiger partial charge in [0.2, 0.25) is 5.76 Å². The highest BCUT2D eigenvalue weighted by atomic mass is 32.1. The van der Waals surface area contributed by atoms with Gasteiger partial charge in [-0.3, -0.25) is 4.79 Å². The van der Waals surface area contributed by atoms with Crippen molar-refractivity contribution in [1.82, 2.24) is 5.32 Å². The van der Waals surface area contributed by atoms with Crippen LogP contribution >= 0.6 is 11.3 Å².